The molecule has 1 aliphatic rings. The van der Waals surface area contributed by atoms with Crippen molar-refractivity contribution in [2.24, 2.45) is 5.73 Å². The second kappa shape index (κ2) is 9.38. The highest BCUT2D eigenvalue weighted by atomic mass is 32.2. The summed E-state index contributed by atoms with van der Waals surface area (Å²) in [6.45, 7) is 5.29. The van der Waals surface area contributed by atoms with Crippen LogP contribution in [0.5, 0.6) is 11.5 Å². The van der Waals surface area contributed by atoms with E-state index >= 15 is 0 Å². The molecule has 0 spiro atoms. The monoisotopic (exact) mass is 399 g/mol. The van der Waals surface area contributed by atoms with E-state index in [1.165, 1.54) is 12.1 Å². The fraction of sp³-hybridized carbons (Fsp3) is 0.611. The topological polar surface area (TPSA) is 120 Å². The van der Waals surface area contributed by atoms with Crippen molar-refractivity contribution >= 4 is 15.9 Å². The van der Waals surface area contributed by atoms with Gasteiger partial charge in [0.05, 0.1) is 4.90 Å². The molecule has 1 aromatic carbocycles. The van der Waals surface area contributed by atoms with E-state index in [1.807, 2.05) is 13.8 Å². The molecule has 1 heterocycles. The Morgan fingerprint density at radius 1 is 1.15 bits per heavy atom. The Balaban J connectivity index is 1.71. The Morgan fingerprint density at radius 3 is 2.56 bits per heavy atom. The maximum Gasteiger partial charge on any atom is 0.240 e. The van der Waals surface area contributed by atoms with Crippen LogP contribution in [0, 0.1) is 0 Å². The minimum Gasteiger partial charge on any atom is -0.486 e. The zero-order valence-corrected chi connectivity index (χ0v) is 16.7. The van der Waals surface area contributed by atoms with Crippen LogP contribution in [-0.4, -0.2) is 46.2 Å². The average molecular weight is 400 g/mol. The number of benzene rings is 1. The second-order valence-electron chi connectivity index (χ2n) is 7.15. The first-order valence-electron chi connectivity index (χ1n) is 9.14. The summed E-state index contributed by atoms with van der Waals surface area (Å²) in [5.74, 6) is 0.953. The summed E-state index contributed by atoms with van der Waals surface area (Å²) < 4.78 is 38.1. The van der Waals surface area contributed by atoms with Gasteiger partial charge in [0.1, 0.15) is 13.2 Å². The molecule has 0 aliphatic carbocycles. The molecule has 1 aliphatic heterocycles. The SMILES string of the molecule is CC(C)(CN)NC(=O)CCCCCNS(=O)(=O)c1ccc2c(c1)OCCO2. The number of nitrogens with two attached hydrogens (primary N) is 1. The summed E-state index contributed by atoms with van der Waals surface area (Å²) in [5.41, 5.74) is 5.17. The normalized spacial score (nSPS) is 14.0. The zero-order chi connectivity index (χ0) is 19.9. The van der Waals surface area contributed by atoms with Gasteiger partial charge in [0.2, 0.25) is 15.9 Å². The number of unbranched alkanes of at least 4 members (excludes halogenated alkanes) is 2. The van der Waals surface area contributed by atoms with Crippen LogP contribution < -0.4 is 25.2 Å². The van der Waals surface area contributed by atoms with Crippen molar-refractivity contribution in [3.05, 3.63) is 18.2 Å². The fourth-order valence-electron chi connectivity index (χ4n) is 2.56. The highest BCUT2D eigenvalue weighted by Gasteiger charge is 2.19. The van der Waals surface area contributed by atoms with Crippen LogP contribution >= 0.6 is 0 Å². The fourth-order valence-corrected chi connectivity index (χ4v) is 3.65. The third-order valence-corrected chi connectivity index (χ3v) is 5.64. The van der Waals surface area contributed by atoms with Gasteiger partial charge in [-0.15, -0.1) is 0 Å². The molecule has 0 fully saturated rings. The van der Waals surface area contributed by atoms with Gasteiger partial charge in [-0.2, -0.15) is 0 Å². The lowest BCUT2D eigenvalue weighted by Crippen LogP contribution is -2.48. The van der Waals surface area contributed by atoms with E-state index in [0.29, 0.717) is 57.1 Å². The van der Waals surface area contributed by atoms with Gasteiger partial charge >= 0.3 is 0 Å². The van der Waals surface area contributed by atoms with Crippen molar-refractivity contribution in [2.75, 3.05) is 26.3 Å². The molecule has 8 nitrogen and oxygen atoms in total. The van der Waals surface area contributed by atoms with Gasteiger partial charge in [-0.25, -0.2) is 13.1 Å². The van der Waals surface area contributed by atoms with Gasteiger partial charge in [-0.05, 0) is 38.8 Å². The first-order chi connectivity index (χ1) is 12.7. The predicted molar refractivity (Wildman–Crippen MR) is 102 cm³/mol. The van der Waals surface area contributed by atoms with E-state index in [4.69, 9.17) is 15.2 Å². The summed E-state index contributed by atoms with van der Waals surface area (Å²) in [6, 6.07) is 4.57. The zero-order valence-electron chi connectivity index (χ0n) is 15.9. The molecule has 4 N–H and O–H groups in total. The van der Waals surface area contributed by atoms with E-state index in [-0.39, 0.29) is 10.8 Å². The van der Waals surface area contributed by atoms with Crippen molar-refractivity contribution in [2.45, 2.75) is 50.0 Å². The average Bonchev–Trinajstić information content (AvgIpc) is 2.63. The number of carbonyl (C=O) groups is 1. The molecule has 27 heavy (non-hydrogen) atoms. The van der Waals surface area contributed by atoms with E-state index in [2.05, 4.69) is 10.0 Å². The van der Waals surface area contributed by atoms with Crippen molar-refractivity contribution in [3.63, 3.8) is 0 Å². The Morgan fingerprint density at radius 2 is 1.85 bits per heavy atom. The molecular formula is C18H29N3O5S. The summed E-state index contributed by atoms with van der Waals surface area (Å²) in [7, 11) is -3.60. The molecule has 152 valence electrons. The first kappa shape index (κ1) is 21.5. The maximum absolute atomic E-state index is 12.4. The number of hydrogen-bond donors (Lipinski definition) is 3. The van der Waals surface area contributed by atoms with Crippen LogP contribution in [0.3, 0.4) is 0 Å². The number of ether oxygens (including phenoxy) is 2. The largest absolute Gasteiger partial charge is 0.486 e. The van der Waals surface area contributed by atoms with Gasteiger partial charge in [-0.3, -0.25) is 4.79 Å². The minimum atomic E-state index is -3.60. The standard InChI is InChI=1S/C18H29N3O5S/c1-18(2,13-19)21-17(22)6-4-3-5-9-20-27(23,24)14-7-8-15-16(12-14)26-11-10-25-15/h7-8,12,20H,3-6,9-11,13,19H2,1-2H3,(H,21,22). The maximum atomic E-state index is 12.4. The molecule has 0 radical (unpaired) electrons. The lowest BCUT2D eigenvalue weighted by atomic mass is 10.1. The highest BCUT2D eigenvalue weighted by Crippen LogP contribution is 2.32. The molecule has 0 bridgehead atoms. The number of hydrogen-bond acceptors (Lipinski definition) is 6. The number of fused-ring (bicyclic) bond motifs is 1. The molecule has 1 aromatic rings. The number of amides is 1. The van der Waals surface area contributed by atoms with Crippen molar-refractivity contribution in [1.29, 1.82) is 0 Å². The molecule has 0 unspecified atom stereocenters. The molecular weight excluding hydrogens is 370 g/mol. The molecule has 0 aromatic heterocycles. The lowest BCUT2D eigenvalue weighted by molar-refractivity contribution is -0.122. The summed E-state index contributed by atoms with van der Waals surface area (Å²) in [6.07, 6.45) is 2.49. The molecule has 1 amide bonds. The van der Waals surface area contributed by atoms with Crippen LogP contribution in [0.2, 0.25) is 0 Å². The quantitative estimate of drug-likeness (QED) is 0.508. The predicted octanol–water partition coefficient (Wildman–Crippen LogP) is 1.15. The van der Waals surface area contributed by atoms with Crippen LogP contribution in [0.4, 0.5) is 0 Å². The van der Waals surface area contributed by atoms with Gasteiger partial charge in [0, 0.05) is 31.1 Å². The van der Waals surface area contributed by atoms with Crippen LogP contribution in [-0.2, 0) is 14.8 Å². The molecule has 0 atom stereocenters. The van der Waals surface area contributed by atoms with E-state index < -0.39 is 15.6 Å². The van der Waals surface area contributed by atoms with Crippen molar-refractivity contribution < 1.29 is 22.7 Å². The first-order valence-corrected chi connectivity index (χ1v) is 10.6. The Labute approximate surface area is 160 Å². The van der Waals surface area contributed by atoms with Crippen LogP contribution in [0.1, 0.15) is 39.5 Å². The van der Waals surface area contributed by atoms with Gasteiger partial charge in [0.25, 0.3) is 0 Å². The number of rotatable bonds is 10. The van der Waals surface area contributed by atoms with Crippen LogP contribution in [0.15, 0.2) is 23.1 Å². The van der Waals surface area contributed by atoms with Gasteiger partial charge in [-0.1, -0.05) is 6.42 Å². The Kier molecular flexibility index (Phi) is 7.46. The lowest BCUT2D eigenvalue weighted by Gasteiger charge is -2.24. The summed E-state index contributed by atoms with van der Waals surface area (Å²) in [4.78, 5) is 12.0. The molecule has 9 heteroatoms. The smallest absolute Gasteiger partial charge is 0.240 e. The third kappa shape index (κ3) is 6.67. The van der Waals surface area contributed by atoms with E-state index in [1.54, 1.807) is 6.07 Å². The highest BCUT2D eigenvalue weighted by molar-refractivity contribution is 7.89. The van der Waals surface area contributed by atoms with Gasteiger partial charge in [0.15, 0.2) is 11.5 Å². The second-order valence-corrected chi connectivity index (χ2v) is 8.92. The van der Waals surface area contributed by atoms with E-state index in [0.717, 1.165) is 6.42 Å². The number of carbonyl (C=O) groups excluding carboxylic acids is 1. The third-order valence-electron chi connectivity index (χ3n) is 4.18. The van der Waals surface area contributed by atoms with E-state index in [9.17, 15) is 13.2 Å². The number of sulfonamides is 1. The van der Waals surface area contributed by atoms with Gasteiger partial charge < -0.3 is 20.5 Å². The summed E-state index contributed by atoms with van der Waals surface area (Å²) >= 11 is 0. The van der Waals surface area contributed by atoms with Crippen LogP contribution in [0.25, 0.3) is 0 Å². The number of nitrogens with one attached hydrogen (secondary N) is 2. The molecule has 2 rings (SSSR count). The summed E-state index contributed by atoms with van der Waals surface area (Å²) in [5, 5.41) is 2.87. The molecule has 0 saturated carbocycles. The van der Waals surface area contributed by atoms with Crippen molar-refractivity contribution in [3.8, 4) is 11.5 Å². The molecule has 0 saturated heterocycles. The Bertz CT molecular complexity index is 749. The Hall–Kier alpha value is -1.84. The minimum absolute atomic E-state index is 0.0395. The van der Waals surface area contributed by atoms with Crippen molar-refractivity contribution in [1.82, 2.24) is 10.0 Å².